The van der Waals surface area contributed by atoms with Crippen LogP contribution in [0.4, 0.5) is 0 Å². The monoisotopic (exact) mass is 400 g/mol. The molecule has 0 saturated carbocycles. The molecule has 0 aromatic heterocycles. The van der Waals surface area contributed by atoms with Gasteiger partial charge in [-0.25, -0.2) is 5.01 Å². The van der Waals surface area contributed by atoms with E-state index in [2.05, 4.69) is 11.5 Å². The minimum atomic E-state index is -0.555. The number of carbonyl (C=O) groups excluding carboxylic acids is 2. The molecule has 7 heteroatoms. The van der Waals surface area contributed by atoms with E-state index < -0.39 is 11.8 Å². The van der Waals surface area contributed by atoms with Crippen LogP contribution in [0.5, 0.6) is 5.75 Å². The maximum Gasteiger partial charge on any atom is 0.270 e. The molecule has 1 aliphatic carbocycles. The molecule has 1 amide bonds. The molecule has 0 radical (unpaired) electrons. The van der Waals surface area contributed by atoms with Crippen LogP contribution in [0.2, 0.25) is 0 Å². The summed E-state index contributed by atoms with van der Waals surface area (Å²) < 4.78 is 0. The molecule has 0 fully saturated rings. The number of benzene rings is 2. The molecule has 30 heavy (non-hydrogen) atoms. The number of ketones is 1. The van der Waals surface area contributed by atoms with Gasteiger partial charge in [-0.2, -0.15) is 5.26 Å². The topological polar surface area (TPSA) is 119 Å². The summed E-state index contributed by atoms with van der Waals surface area (Å²) in [6, 6.07) is 17.2. The zero-order chi connectivity index (χ0) is 21.3. The zero-order valence-corrected chi connectivity index (χ0v) is 16.1. The van der Waals surface area contributed by atoms with E-state index in [-0.39, 0.29) is 22.9 Å². The van der Waals surface area contributed by atoms with Crippen LogP contribution >= 0.6 is 0 Å². The van der Waals surface area contributed by atoms with Gasteiger partial charge in [-0.15, -0.1) is 0 Å². The van der Waals surface area contributed by atoms with Crippen molar-refractivity contribution in [1.82, 2.24) is 10.4 Å². The number of rotatable bonds is 3. The number of carbonyl (C=O) groups is 2. The molecule has 1 unspecified atom stereocenters. The fourth-order valence-electron chi connectivity index (χ4n) is 3.97. The molecule has 2 aromatic carbocycles. The van der Waals surface area contributed by atoms with Crippen molar-refractivity contribution in [3.05, 3.63) is 88.4 Å². The van der Waals surface area contributed by atoms with E-state index >= 15 is 0 Å². The molecular formula is C23H20N4O3. The largest absolute Gasteiger partial charge is 0.508 e. The number of nitrogens with zero attached hydrogens (tertiary/aromatic N) is 2. The number of phenols is 1. The number of allylic oxidation sites excluding steroid dienone is 3. The SMILES string of the molecule is N#CC1=C(N)N(NC(=O)c2ccc(O)cc2)C2=C(C(=O)CCC2)C1c1ccccc1. The summed E-state index contributed by atoms with van der Waals surface area (Å²) >= 11 is 0. The lowest BCUT2D eigenvalue weighted by molar-refractivity contribution is -0.116. The number of nitrogens with two attached hydrogens (primary N) is 1. The van der Waals surface area contributed by atoms with E-state index in [1.54, 1.807) is 0 Å². The van der Waals surface area contributed by atoms with Gasteiger partial charge >= 0.3 is 0 Å². The predicted molar refractivity (Wildman–Crippen MR) is 109 cm³/mol. The summed E-state index contributed by atoms with van der Waals surface area (Å²) in [7, 11) is 0. The average Bonchev–Trinajstić information content (AvgIpc) is 2.76. The number of phenolic OH excluding ortho intramolecular Hbond substituents is 1. The van der Waals surface area contributed by atoms with Crippen molar-refractivity contribution in [3.8, 4) is 11.8 Å². The molecule has 4 rings (SSSR count). The predicted octanol–water partition coefficient (Wildman–Crippen LogP) is 2.84. The highest BCUT2D eigenvalue weighted by atomic mass is 16.3. The molecule has 2 aliphatic rings. The maximum absolute atomic E-state index is 12.9. The van der Waals surface area contributed by atoms with Crippen molar-refractivity contribution >= 4 is 11.7 Å². The fraction of sp³-hybridized carbons (Fsp3) is 0.174. The molecule has 150 valence electrons. The Kier molecular flexibility index (Phi) is 4.98. The lowest BCUT2D eigenvalue weighted by atomic mass is 9.76. The fourth-order valence-corrected chi connectivity index (χ4v) is 3.97. The van der Waals surface area contributed by atoms with Crippen LogP contribution in [0, 0.1) is 11.3 Å². The summed E-state index contributed by atoms with van der Waals surface area (Å²) in [5.41, 5.74) is 11.5. The molecule has 1 aliphatic heterocycles. The summed E-state index contributed by atoms with van der Waals surface area (Å²) in [5, 5.41) is 20.7. The highest BCUT2D eigenvalue weighted by Crippen LogP contribution is 2.43. The Morgan fingerprint density at radius 1 is 1.13 bits per heavy atom. The third-order valence-electron chi connectivity index (χ3n) is 5.39. The van der Waals surface area contributed by atoms with Crippen molar-refractivity contribution in [3.63, 3.8) is 0 Å². The maximum atomic E-state index is 12.9. The number of aromatic hydroxyl groups is 1. The third-order valence-corrected chi connectivity index (χ3v) is 5.39. The Morgan fingerprint density at radius 3 is 2.50 bits per heavy atom. The van der Waals surface area contributed by atoms with Gasteiger partial charge in [0, 0.05) is 23.3 Å². The van der Waals surface area contributed by atoms with Crippen LogP contribution in [0.3, 0.4) is 0 Å². The molecule has 1 atom stereocenters. The highest BCUT2D eigenvalue weighted by Gasteiger charge is 2.40. The van der Waals surface area contributed by atoms with E-state index in [1.807, 2.05) is 30.3 Å². The number of nitriles is 1. The second-order valence-corrected chi connectivity index (χ2v) is 7.21. The summed E-state index contributed by atoms with van der Waals surface area (Å²) in [6.45, 7) is 0. The van der Waals surface area contributed by atoms with Crippen LogP contribution in [-0.4, -0.2) is 21.8 Å². The number of nitrogens with one attached hydrogen (secondary N) is 1. The molecular weight excluding hydrogens is 380 g/mol. The molecule has 4 N–H and O–H groups in total. The van der Waals surface area contributed by atoms with E-state index in [4.69, 9.17) is 5.73 Å². The first-order chi connectivity index (χ1) is 14.5. The van der Waals surface area contributed by atoms with Crippen LogP contribution in [0.15, 0.2) is 77.3 Å². The molecule has 0 spiro atoms. The second-order valence-electron chi connectivity index (χ2n) is 7.21. The van der Waals surface area contributed by atoms with E-state index in [1.165, 1.54) is 29.3 Å². The van der Waals surface area contributed by atoms with Gasteiger partial charge in [-0.1, -0.05) is 30.3 Å². The minimum absolute atomic E-state index is 0.0456. The van der Waals surface area contributed by atoms with E-state index in [0.29, 0.717) is 36.1 Å². The summed E-state index contributed by atoms with van der Waals surface area (Å²) in [4.78, 5) is 25.7. The van der Waals surface area contributed by atoms with E-state index in [0.717, 1.165) is 5.56 Å². The smallest absolute Gasteiger partial charge is 0.270 e. The molecule has 7 nitrogen and oxygen atoms in total. The van der Waals surface area contributed by atoms with E-state index in [9.17, 15) is 20.0 Å². The van der Waals surface area contributed by atoms with Gasteiger partial charge in [0.25, 0.3) is 5.91 Å². The Hall–Kier alpha value is -4.05. The first kappa shape index (κ1) is 19.3. The Labute approximate surface area is 173 Å². The first-order valence-corrected chi connectivity index (χ1v) is 9.62. The molecule has 1 heterocycles. The van der Waals surface area contributed by atoms with Crippen molar-refractivity contribution in [1.29, 1.82) is 5.26 Å². The first-order valence-electron chi connectivity index (χ1n) is 9.62. The standard InChI is InChI=1S/C23H20N4O3/c24-13-17-20(14-5-2-1-3-6-14)21-18(7-4-8-19(21)29)27(22(17)25)26-23(30)15-9-11-16(28)12-10-15/h1-3,5-6,9-12,20,28H,4,7-8,25H2,(H,26,30). The highest BCUT2D eigenvalue weighted by molar-refractivity contribution is 6.00. The average molecular weight is 400 g/mol. The van der Waals surface area contributed by atoms with Crippen LogP contribution in [0.25, 0.3) is 0 Å². The van der Waals surface area contributed by atoms with Gasteiger partial charge in [0.15, 0.2) is 5.78 Å². The molecule has 0 bridgehead atoms. The molecule has 2 aromatic rings. The Balaban J connectivity index is 1.79. The van der Waals surface area contributed by atoms with Crippen LogP contribution in [0.1, 0.15) is 41.1 Å². The number of amides is 1. The van der Waals surface area contributed by atoms with Crippen molar-refractivity contribution in [2.45, 2.75) is 25.2 Å². The van der Waals surface area contributed by atoms with Gasteiger partial charge < -0.3 is 10.8 Å². The van der Waals surface area contributed by atoms with Crippen molar-refractivity contribution in [2.75, 3.05) is 0 Å². The zero-order valence-electron chi connectivity index (χ0n) is 16.1. The van der Waals surface area contributed by atoms with Gasteiger partial charge in [-0.3, -0.25) is 15.0 Å². The van der Waals surface area contributed by atoms with Crippen molar-refractivity contribution in [2.24, 2.45) is 5.73 Å². The lowest BCUT2D eigenvalue weighted by Crippen LogP contribution is -2.48. The summed E-state index contributed by atoms with van der Waals surface area (Å²) in [6.07, 6.45) is 1.58. The van der Waals surface area contributed by atoms with Gasteiger partial charge in [0.05, 0.1) is 17.6 Å². The number of hydrazine groups is 1. The second kappa shape index (κ2) is 7.76. The Bertz CT molecular complexity index is 1110. The summed E-state index contributed by atoms with van der Waals surface area (Å²) in [5.74, 6) is -0.912. The third kappa shape index (κ3) is 3.29. The normalized spacial score (nSPS) is 18.7. The lowest BCUT2D eigenvalue weighted by Gasteiger charge is -2.39. The Morgan fingerprint density at radius 2 is 1.83 bits per heavy atom. The number of hydrogen-bond donors (Lipinski definition) is 3. The number of hydrogen-bond acceptors (Lipinski definition) is 6. The van der Waals surface area contributed by atoms with Gasteiger partial charge in [0.2, 0.25) is 0 Å². The minimum Gasteiger partial charge on any atom is -0.508 e. The van der Waals surface area contributed by atoms with Crippen LogP contribution in [-0.2, 0) is 4.79 Å². The number of Topliss-reactive ketones (excluding diaryl/α,β-unsaturated/α-hetero) is 1. The molecule has 0 saturated heterocycles. The van der Waals surface area contributed by atoms with Gasteiger partial charge in [0.1, 0.15) is 11.6 Å². The van der Waals surface area contributed by atoms with Crippen LogP contribution < -0.4 is 11.2 Å². The quantitative estimate of drug-likeness (QED) is 0.729. The van der Waals surface area contributed by atoms with Crippen molar-refractivity contribution < 1.29 is 14.7 Å². The van der Waals surface area contributed by atoms with Gasteiger partial charge in [-0.05, 0) is 42.7 Å².